The first-order valence-corrected chi connectivity index (χ1v) is 9.13. The van der Waals surface area contributed by atoms with Gasteiger partial charge in [0.1, 0.15) is 5.82 Å². The second kappa shape index (κ2) is 7.44. The lowest BCUT2D eigenvalue weighted by Crippen LogP contribution is -2.49. The van der Waals surface area contributed by atoms with Crippen LogP contribution < -0.4 is 5.32 Å². The summed E-state index contributed by atoms with van der Waals surface area (Å²) < 4.78 is 40.5. The zero-order chi connectivity index (χ0) is 15.7. The Labute approximate surface area is 143 Å². The highest BCUT2D eigenvalue weighted by Gasteiger charge is 2.35. The highest BCUT2D eigenvalue weighted by atomic mass is 35.5. The van der Waals surface area contributed by atoms with E-state index in [2.05, 4.69) is 10.2 Å². The van der Waals surface area contributed by atoms with E-state index in [-0.39, 0.29) is 23.3 Å². The van der Waals surface area contributed by atoms with Crippen LogP contribution in [0.25, 0.3) is 0 Å². The van der Waals surface area contributed by atoms with Gasteiger partial charge in [-0.05, 0) is 31.0 Å². The number of hydrogen-bond donors (Lipinski definition) is 1. The van der Waals surface area contributed by atoms with E-state index in [0.29, 0.717) is 18.7 Å². The lowest BCUT2D eigenvalue weighted by atomic mass is 10.2. The fourth-order valence-corrected chi connectivity index (χ4v) is 4.66. The van der Waals surface area contributed by atoms with Gasteiger partial charge in [0.05, 0.1) is 4.90 Å². The molecule has 1 aromatic carbocycles. The molecule has 23 heavy (non-hydrogen) atoms. The molecule has 1 aromatic rings. The minimum absolute atomic E-state index is 0. The van der Waals surface area contributed by atoms with E-state index in [1.165, 1.54) is 16.4 Å². The number of nitrogens with one attached hydrogen (secondary N) is 1. The van der Waals surface area contributed by atoms with Crippen LogP contribution in [0.15, 0.2) is 23.1 Å². The topological polar surface area (TPSA) is 52.7 Å². The average Bonchev–Trinajstić information content (AvgIpc) is 3.01. The maximum absolute atomic E-state index is 13.7. The minimum atomic E-state index is -3.60. The number of aryl methyl sites for hydroxylation is 1. The number of rotatable bonds is 3. The van der Waals surface area contributed by atoms with E-state index in [9.17, 15) is 12.8 Å². The molecule has 0 aliphatic carbocycles. The first-order chi connectivity index (χ1) is 10.5. The summed E-state index contributed by atoms with van der Waals surface area (Å²) in [6.07, 6.45) is 0.841. The van der Waals surface area contributed by atoms with Crippen LogP contribution in [0.5, 0.6) is 0 Å². The third-order valence-electron chi connectivity index (χ3n) is 4.58. The van der Waals surface area contributed by atoms with Crippen molar-refractivity contribution in [2.45, 2.75) is 24.3 Å². The van der Waals surface area contributed by atoms with E-state index >= 15 is 0 Å². The molecule has 3 rings (SSSR count). The Morgan fingerprint density at radius 2 is 1.91 bits per heavy atom. The van der Waals surface area contributed by atoms with E-state index in [4.69, 9.17) is 0 Å². The van der Waals surface area contributed by atoms with Crippen molar-refractivity contribution in [1.82, 2.24) is 14.5 Å². The van der Waals surface area contributed by atoms with Crippen LogP contribution in [-0.4, -0.2) is 62.9 Å². The van der Waals surface area contributed by atoms with Gasteiger partial charge in [0, 0.05) is 45.3 Å². The van der Waals surface area contributed by atoms with Crippen LogP contribution in [0.4, 0.5) is 4.39 Å². The Bertz CT molecular complexity index is 650. The van der Waals surface area contributed by atoms with Crippen molar-refractivity contribution in [3.8, 4) is 0 Å². The van der Waals surface area contributed by atoms with Gasteiger partial charge in [0.25, 0.3) is 0 Å². The highest BCUT2D eigenvalue weighted by Crippen LogP contribution is 2.25. The number of halogens is 2. The van der Waals surface area contributed by atoms with Crippen LogP contribution in [0.2, 0.25) is 0 Å². The van der Waals surface area contributed by atoms with E-state index in [0.717, 1.165) is 38.7 Å². The molecule has 0 spiro atoms. The van der Waals surface area contributed by atoms with Crippen molar-refractivity contribution in [1.29, 1.82) is 0 Å². The fourth-order valence-electron chi connectivity index (χ4n) is 3.16. The second-order valence-electron chi connectivity index (χ2n) is 6.00. The number of piperazine rings is 1. The van der Waals surface area contributed by atoms with Gasteiger partial charge in [-0.25, -0.2) is 12.8 Å². The first kappa shape index (κ1) is 18.6. The van der Waals surface area contributed by atoms with Crippen molar-refractivity contribution in [2.75, 3.05) is 39.3 Å². The van der Waals surface area contributed by atoms with Crippen LogP contribution in [-0.2, 0) is 10.0 Å². The maximum atomic E-state index is 13.7. The molecule has 1 N–H and O–H groups in total. The van der Waals surface area contributed by atoms with Crippen molar-refractivity contribution in [3.63, 3.8) is 0 Å². The molecule has 1 unspecified atom stereocenters. The molecule has 0 bridgehead atoms. The number of benzene rings is 1. The smallest absolute Gasteiger partial charge is 0.243 e. The van der Waals surface area contributed by atoms with Crippen molar-refractivity contribution < 1.29 is 12.8 Å². The van der Waals surface area contributed by atoms with Gasteiger partial charge >= 0.3 is 0 Å². The van der Waals surface area contributed by atoms with E-state index < -0.39 is 15.8 Å². The van der Waals surface area contributed by atoms with Crippen molar-refractivity contribution >= 4 is 22.4 Å². The largest absolute Gasteiger partial charge is 0.314 e. The lowest BCUT2D eigenvalue weighted by Gasteiger charge is -2.32. The standard InChI is InChI=1S/C15H22FN3O2S.ClH/c1-12-2-3-14(10-15(12)16)22(20,21)19-7-4-13(11-19)18-8-5-17-6-9-18;/h2-3,10,13,17H,4-9,11H2,1H3;1H. The second-order valence-corrected chi connectivity index (χ2v) is 7.94. The summed E-state index contributed by atoms with van der Waals surface area (Å²) in [4.78, 5) is 2.40. The predicted octanol–water partition coefficient (Wildman–Crippen LogP) is 1.22. The summed E-state index contributed by atoms with van der Waals surface area (Å²) in [6, 6.07) is 4.41. The molecular formula is C15H23ClFN3O2S. The minimum Gasteiger partial charge on any atom is -0.314 e. The highest BCUT2D eigenvalue weighted by molar-refractivity contribution is 7.89. The van der Waals surface area contributed by atoms with Crippen LogP contribution >= 0.6 is 12.4 Å². The van der Waals surface area contributed by atoms with Crippen molar-refractivity contribution in [3.05, 3.63) is 29.6 Å². The molecular weight excluding hydrogens is 341 g/mol. The zero-order valence-electron chi connectivity index (χ0n) is 13.2. The molecule has 8 heteroatoms. The van der Waals surface area contributed by atoms with Crippen LogP contribution in [0.1, 0.15) is 12.0 Å². The molecule has 0 aromatic heterocycles. The Balaban J connectivity index is 0.00000192. The normalized spacial score (nSPS) is 23.7. The maximum Gasteiger partial charge on any atom is 0.243 e. The summed E-state index contributed by atoms with van der Waals surface area (Å²) in [5.74, 6) is -0.473. The van der Waals surface area contributed by atoms with Gasteiger partial charge in [-0.3, -0.25) is 4.90 Å². The molecule has 1 atom stereocenters. The molecule has 2 heterocycles. The monoisotopic (exact) mass is 363 g/mol. The van der Waals surface area contributed by atoms with Crippen molar-refractivity contribution in [2.24, 2.45) is 0 Å². The Morgan fingerprint density at radius 1 is 1.22 bits per heavy atom. The SMILES string of the molecule is Cc1ccc(S(=O)(=O)N2CCC(N3CCNCC3)C2)cc1F.Cl. The summed E-state index contributed by atoms with van der Waals surface area (Å²) in [7, 11) is -3.60. The third kappa shape index (κ3) is 3.85. The van der Waals surface area contributed by atoms with E-state index in [1.54, 1.807) is 6.92 Å². The van der Waals surface area contributed by atoms with Gasteiger partial charge in [0.2, 0.25) is 10.0 Å². The van der Waals surface area contributed by atoms with Gasteiger partial charge in [-0.15, -0.1) is 12.4 Å². The first-order valence-electron chi connectivity index (χ1n) is 7.69. The number of nitrogens with zero attached hydrogens (tertiary/aromatic N) is 2. The van der Waals surface area contributed by atoms with Gasteiger partial charge in [-0.2, -0.15) is 4.31 Å². The molecule has 0 radical (unpaired) electrons. The summed E-state index contributed by atoms with van der Waals surface area (Å²) >= 11 is 0. The quantitative estimate of drug-likeness (QED) is 0.877. The lowest BCUT2D eigenvalue weighted by molar-refractivity contribution is 0.179. The molecule has 0 amide bonds. The fraction of sp³-hybridized carbons (Fsp3) is 0.600. The van der Waals surface area contributed by atoms with Crippen LogP contribution in [0, 0.1) is 12.7 Å². The number of sulfonamides is 1. The summed E-state index contributed by atoms with van der Waals surface area (Å²) in [5.41, 5.74) is 0.457. The van der Waals surface area contributed by atoms with Crippen LogP contribution in [0.3, 0.4) is 0 Å². The molecule has 0 saturated carbocycles. The Hall–Kier alpha value is -0.730. The van der Waals surface area contributed by atoms with Gasteiger partial charge < -0.3 is 5.32 Å². The Kier molecular flexibility index (Phi) is 6.02. The molecule has 2 aliphatic heterocycles. The van der Waals surface area contributed by atoms with Gasteiger partial charge in [-0.1, -0.05) is 6.07 Å². The molecule has 130 valence electrons. The molecule has 5 nitrogen and oxygen atoms in total. The summed E-state index contributed by atoms with van der Waals surface area (Å²) in [5, 5.41) is 3.30. The summed E-state index contributed by atoms with van der Waals surface area (Å²) in [6.45, 7) is 6.44. The molecule has 2 fully saturated rings. The Morgan fingerprint density at radius 3 is 2.57 bits per heavy atom. The zero-order valence-corrected chi connectivity index (χ0v) is 14.8. The molecule has 2 saturated heterocycles. The molecule has 2 aliphatic rings. The third-order valence-corrected chi connectivity index (χ3v) is 6.44. The van der Waals surface area contributed by atoms with Gasteiger partial charge in [0.15, 0.2) is 0 Å². The average molecular weight is 364 g/mol. The predicted molar refractivity (Wildman–Crippen MR) is 90.0 cm³/mol. The number of hydrogen-bond acceptors (Lipinski definition) is 4. The van der Waals surface area contributed by atoms with E-state index in [1.807, 2.05) is 0 Å².